The first-order chi connectivity index (χ1) is 16.2. The first kappa shape index (κ1) is 25.8. The Morgan fingerprint density at radius 3 is 2.38 bits per heavy atom. The van der Waals surface area contributed by atoms with E-state index in [4.69, 9.17) is 39.5 Å². The molecule has 34 heavy (non-hydrogen) atoms. The van der Waals surface area contributed by atoms with E-state index in [1.165, 1.54) is 17.0 Å². The molecule has 3 rings (SSSR count). The third-order valence-electron chi connectivity index (χ3n) is 5.09. The number of carbonyl (C=O) groups is 2. The molecule has 1 atom stereocenters. The molecule has 178 valence electrons. The summed E-state index contributed by atoms with van der Waals surface area (Å²) >= 11 is 18.2. The van der Waals surface area contributed by atoms with Crippen molar-refractivity contribution in [2.75, 3.05) is 6.61 Å². The topological polar surface area (TPSA) is 58.6 Å². The summed E-state index contributed by atoms with van der Waals surface area (Å²) in [6.45, 7) is 1.52. The van der Waals surface area contributed by atoms with Crippen LogP contribution in [-0.2, 0) is 22.7 Å². The minimum Gasteiger partial charge on any atom is -0.482 e. The van der Waals surface area contributed by atoms with Crippen LogP contribution in [0.4, 0.5) is 4.39 Å². The Morgan fingerprint density at radius 1 is 1.00 bits per heavy atom. The molecule has 3 aromatic rings. The van der Waals surface area contributed by atoms with E-state index in [-0.39, 0.29) is 25.6 Å². The van der Waals surface area contributed by atoms with E-state index in [0.29, 0.717) is 31.9 Å². The summed E-state index contributed by atoms with van der Waals surface area (Å²) in [5.74, 6) is -0.862. The number of nitrogens with one attached hydrogen (secondary N) is 1. The average molecular weight is 524 g/mol. The second-order valence-electron chi connectivity index (χ2n) is 7.50. The molecule has 0 spiro atoms. The van der Waals surface area contributed by atoms with Crippen LogP contribution in [0.2, 0.25) is 15.1 Å². The zero-order valence-corrected chi connectivity index (χ0v) is 20.5. The summed E-state index contributed by atoms with van der Waals surface area (Å²) in [6.07, 6.45) is 0. The highest BCUT2D eigenvalue weighted by Gasteiger charge is 2.26. The predicted molar refractivity (Wildman–Crippen MR) is 132 cm³/mol. The molecule has 3 aromatic carbocycles. The van der Waals surface area contributed by atoms with Gasteiger partial charge in [-0.1, -0.05) is 65.1 Å². The number of halogens is 4. The minimum atomic E-state index is -0.849. The number of para-hydroxylation sites is 1. The molecule has 5 nitrogen and oxygen atoms in total. The van der Waals surface area contributed by atoms with Gasteiger partial charge in [0.1, 0.15) is 17.6 Å². The molecule has 0 aliphatic carbocycles. The zero-order chi connectivity index (χ0) is 24.7. The number of hydrogen-bond donors (Lipinski definition) is 1. The maximum absolute atomic E-state index is 13.3. The smallest absolute Gasteiger partial charge is 0.261 e. The first-order valence-corrected chi connectivity index (χ1v) is 11.5. The van der Waals surface area contributed by atoms with Crippen molar-refractivity contribution in [1.29, 1.82) is 0 Å². The average Bonchev–Trinajstić information content (AvgIpc) is 2.82. The van der Waals surface area contributed by atoms with Gasteiger partial charge in [0.15, 0.2) is 6.61 Å². The highest BCUT2D eigenvalue weighted by atomic mass is 35.5. The largest absolute Gasteiger partial charge is 0.482 e. The molecule has 9 heteroatoms. The fourth-order valence-electron chi connectivity index (χ4n) is 3.15. The monoisotopic (exact) mass is 522 g/mol. The number of nitrogens with zero attached hydrogens (tertiary/aromatic N) is 1. The van der Waals surface area contributed by atoms with Crippen molar-refractivity contribution in [3.05, 3.63) is 98.7 Å². The van der Waals surface area contributed by atoms with Gasteiger partial charge in [-0.3, -0.25) is 9.59 Å². The maximum atomic E-state index is 13.3. The molecule has 0 radical (unpaired) electrons. The molecule has 0 saturated heterocycles. The van der Waals surface area contributed by atoms with Gasteiger partial charge in [-0.2, -0.15) is 0 Å². The fraction of sp³-hybridized carbons (Fsp3) is 0.200. The van der Waals surface area contributed by atoms with E-state index >= 15 is 0 Å². The third kappa shape index (κ3) is 7.10. The van der Waals surface area contributed by atoms with Gasteiger partial charge < -0.3 is 15.0 Å². The number of ether oxygens (including phenoxy) is 1. The van der Waals surface area contributed by atoms with Crippen LogP contribution >= 0.6 is 34.8 Å². The molecule has 2 amide bonds. The molecular formula is C25H22Cl3FN2O3. The van der Waals surface area contributed by atoms with Gasteiger partial charge in [0.25, 0.3) is 5.91 Å². The van der Waals surface area contributed by atoms with Crippen LogP contribution in [-0.4, -0.2) is 29.4 Å². The van der Waals surface area contributed by atoms with Crippen LogP contribution in [0, 0.1) is 5.82 Å². The number of amides is 2. The minimum absolute atomic E-state index is 0.0846. The zero-order valence-electron chi connectivity index (χ0n) is 18.2. The second-order valence-corrected chi connectivity index (χ2v) is 8.75. The Kier molecular flexibility index (Phi) is 9.16. The summed E-state index contributed by atoms with van der Waals surface area (Å²) in [5, 5.41) is 4.07. The summed E-state index contributed by atoms with van der Waals surface area (Å²) in [4.78, 5) is 27.4. The number of carbonyl (C=O) groups excluding carboxylic acids is 2. The molecule has 0 aliphatic heterocycles. The molecule has 0 fully saturated rings. The number of benzene rings is 3. The lowest BCUT2D eigenvalue weighted by atomic mass is 10.1. The van der Waals surface area contributed by atoms with E-state index in [2.05, 4.69) is 5.32 Å². The van der Waals surface area contributed by atoms with Gasteiger partial charge in [-0.15, -0.1) is 0 Å². The van der Waals surface area contributed by atoms with E-state index in [1.807, 2.05) is 0 Å². The standard InChI is InChI=1S/C25H22Cl3FN2O3/c1-16(25(33)30-13-18-8-9-19(26)12-22(18)28)31(14-17-6-10-20(29)11-7-17)24(32)15-34-23-5-3-2-4-21(23)27/h2-12,16H,13-15H2,1H3,(H,30,33)/t16-/m0/s1. The predicted octanol–water partition coefficient (Wildman–Crippen LogP) is 5.90. The Bertz CT molecular complexity index is 1160. The molecule has 0 saturated carbocycles. The lowest BCUT2D eigenvalue weighted by Crippen LogP contribution is -2.48. The van der Waals surface area contributed by atoms with Crippen molar-refractivity contribution < 1.29 is 18.7 Å². The Balaban J connectivity index is 1.72. The van der Waals surface area contributed by atoms with Crippen molar-refractivity contribution in [2.24, 2.45) is 0 Å². The Morgan fingerprint density at radius 2 is 1.71 bits per heavy atom. The van der Waals surface area contributed by atoms with Crippen LogP contribution in [0.3, 0.4) is 0 Å². The quantitative estimate of drug-likeness (QED) is 0.380. The van der Waals surface area contributed by atoms with Crippen molar-refractivity contribution in [2.45, 2.75) is 26.1 Å². The van der Waals surface area contributed by atoms with Crippen LogP contribution < -0.4 is 10.1 Å². The van der Waals surface area contributed by atoms with Crippen molar-refractivity contribution >= 4 is 46.6 Å². The third-order valence-corrected chi connectivity index (χ3v) is 5.99. The summed E-state index contributed by atoms with van der Waals surface area (Å²) in [7, 11) is 0. The van der Waals surface area contributed by atoms with Crippen molar-refractivity contribution in [3.63, 3.8) is 0 Å². The molecular weight excluding hydrogens is 502 g/mol. The van der Waals surface area contributed by atoms with Crippen LogP contribution in [0.25, 0.3) is 0 Å². The van der Waals surface area contributed by atoms with Gasteiger partial charge in [-0.25, -0.2) is 4.39 Å². The lowest BCUT2D eigenvalue weighted by molar-refractivity contribution is -0.142. The number of rotatable bonds is 9. The summed E-state index contributed by atoms with van der Waals surface area (Å²) < 4.78 is 18.9. The van der Waals surface area contributed by atoms with Gasteiger partial charge in [0.05, 0.1) is 5.02 Å². The van der Waals surface area contributed by atoms with Crippen LogP contribution in [0.1, 0.15) is 18.1 Å². The highest BCUT2D eigenvalue weighted by molar-refractivity contribution is 6.35. The van der Waals surface area contributed by atoms with Crippen LogP contribution in [0.5, 0.6) is 5.75 Å². The van der Waals surface area contributed by atoms with Gasteiger partial charge in [0, 0.05) is 23.1 Å². The van der Waals surface area contributed by atoms with Crippen molar-refractivity contribution in [1.82, 2.24) is 10.2 Å². The molecule has 0 aromatic heterocycles. The van der Waals surface area contributed by atoms with Gasteiger partial charge in [-0.05, 0) is 54.4 Å². The first-order valence-electron chi connectivity index (χ1n) is 10.4. The molecule has 1 N–H and O–H groups in total. The molecule has 0 unspecified atom stereocenters. The normalized spacial score (nSPS) is 11.6. The summed E-state index contributed by atoms with van der Waals surface area (Å²) in [5.41, 5.74) is 1.35. The highest BCUT2D eigenvalue weighted by Crippen LogP contribution is 2.24. The Hall–Kier alpha value is -2.80. The van der Waals surface area contributed by atoms with Gasteiger partial charge >= 0.3 is 0 Å². The van der Waals surface area contributed by atoms with Gasteiger partial charge in [0.2, 0.25) is 5.91 Å². The molecule has 0 heterocycles. The lowest BCUT2D eigenvalue weighted by Gasteiger charge is -2.29. The number of hydrogen-bond acceptors (Lipinski definition) is 3. The van der Waals surface area contributed by atoms with E-state index in [0.717, 1.165) is 0 Å². The Labute approximate surface area is 212 Å². The maximum Gasteiger partial charge on any atom is 0.261 e. The van der Waals surface area contributed by atoms with E-state index < -0.39 is 17.8 Å². The SMILES string of the molecule is C[C@@H](C(=O)NCc1ccc(Cl)cc1Cl)N(Cc1ccc(F)cc1)C(=O)COc1ccccc1Cl. The van der Waals surface area contributed by atoms with Crippen LogP contribution in [0.15, 0.2) is 66.7 Å². The fourth-order valence-corrected chi connectivity index (χ4v) is 3.81. The van der Waals surface area contributed by atoms with Crippen molar-refractivity contribution in [3.8, 4) is 5.75 Å². The van der Waals surface area contributed by atoms with E-state index in [9.17, 15) is 14.0 Å². The molecule has 0 bridgehead atoms. The second kappa shape index (κ2) is 12.1. The molecule has 0 aliphatic rings. The van der Waals surface area contributed by atoms with E-state index in [1.54, 1.807) is 61.5 Å². The summed E-state index contributed by atoms with van der Waals surface area (Å²) in [6, 6.07) is 16.6.